The number of benzene rings is 5. The van der Waals surface area contributed by atoms with E-state index in [4.69, 9.17) is 14.2 Å². The summed E-state index contributed by atoms with van der Waals surface area (Å²) in [6.07, 6.45) is 0. The highest BCUT2D eigenvalue weighted by molar-refractivity contribution is 5.96. The topological polar surface area (TPSA) is 44.8 Å². The number of hydrogen-bond donors (Lipinski definition) is 0. The predicted octanol–water partition coefficient (Wildman–Crippen LogP) is 8.35. The summed E-state index contributed by atoms with van der Waals surface area (Å²) in [5.41, 5.74) is 3.97. The summed E-state index contributed by atoms with van der Waals surface area (Å²) in [5, 5.41) is 0. The Morgan fingerprint density at radius 1 is 0.526 bits per heavy atom. The average Bonchev–Trinajstić information content (AvgIpc) is 3.23. The molecule has 6 rings (SSSR count). The molecule has 0 radical (unpaired) electrons. The van der Waals surface area contributed by atoms with Gasteiger partial charge in [-0.15, -0.1) is 0 Å². The third-order valence-corrected chi connectivity index (χ3v) is 6.88. The van der Waals surface area contributed by atoms with E-state index >= 15 is 0 Å². The highest BCUT2D eigenvalue weighted by Crippen LogP contribution is 2.50. The molecule has 0 bridgehead atoms. The number of fused-ring (bicyclic) bond motifs is 1. The van der Waals surface area contributed by atoms with Crippen molar-refractivity contribution in [2.24, 2.45) is 0 Å². The number of para-hydroxylation sites is 2. The first kappa shape index (κ1) is 23.6. The van der Waals surface area contributed by atoms with Gasteiger partial charge in [-0.25, -0.2) is 4.79 Å². The van der Waals surface area contributed by atoms with Crippen LogP contribution in [0.2, 0.25) is 0 Å². The predicted molar refractivity (Wildman–Crippen MR) is 147 cm³/mol. The monoisotopic (exact) mass is 498 g/mol. The number of hydrogen-bond acceptors (Lipinski definition) is 4. The van der Waals surface area contributed by atoms with Crippen molar-refractivity contribution in [2.45, 2.75) is 19.4 Å². The number of esters is 1. The summed E-state index contributed by atoms with van der Waals surface area (Å²) >= 11 is 0. The number of carbonyl (C=O) groups excluding carboxylic acids is 1. The van der Waals surface area contributed by atoms with Crippen LogP contribution < -0.4 is 9.47 Å². The first-order valence-electron chi connectivity index (χ1n) is 12.6. The molecule has 1 aliphatic heterocycles. The fraction of sp³-hybridized carbons (Fsp3) is 0.0882. The van der Waals surface area contributed by atoms with Gasteiger partial charge in [0.25, 0.3) is 0 Å². The van der Waals surface area contributed by atoms with E-state index in [9.17, 15) is 4.79 Å². The van der Waals surface area contributed by atoms with Crippen molar-refractivity contribution >= 4 is 5.97 Å². The van der Waals surface area contributed by atoms with Crippen LogP contribution in [0.25, 0.3) is 0 Å². The zero-order chi connectivity index (χ0) is 26.1. The molecule has 0 aromatic heterocycles. The second-order valence-electron chi connectivity index (χ2n) is 9.40. The minimum Gasteiger partial charge on any atom is -0.457 e. The van der Waals surface area contributed by atoms with E-state index < -0.39 is 5.60 Å². The van der Waals surface area contributed by atoms with Crippen LogP contribution in [0, 0.1) is 13.8 Å². The van der Waals surface area contributed by atoms with Gasteiger partial charge < -0.3 is 14.2 Å². The van der Waals surface area contributed by atoms with Crippen LogP contribution in [-0.4, -0.2) is 5.97 Å². The van der Waals surface area contributed by atoms with Crippen LogP contribution in [0.4, 0.5) is 0 Å². The molecule has 186 valence electrons. The normalized spacial score (nSPS) is 13.5. The van der Waals surface area contributed by atoms with Gasteiger partial charge >= 0.3 is 5.97 Å². The van der Waals surface area contributed by atoms with Gasteiger partial charge in [-0.2, -0.15) is 0 Å². The van der Waals surface area contributed by atoms with Crippen molar-refractivity contribution in [2.75, 3.05) is 0 Å². The Labute approximate surface area is 222 Å². The smallest absolute Gasteiger partial charge is 0.340 e. The Kier molecular flexibility index (Phi) is 5.93. The third kappa shape index (κ3) is 4.10. The summed E-state index contributed by atoms with van der Waals surface area (Å²) in [6, 6.07) is 38.8. The molecular formula is C34H26O4. The standard InChI is InChI=1S/C34H26O4/c1-23-21-27(36-25-11-5-3-6-12-25)17-19-30(23)34(32-16-10-9-15-29(32)33(35)38-34)31-20-18-28(22-24(31)2)37-26-13-7-4-8-14-26/h3-22H,1-2H3. The van der Waals surface area contributed by atoms with Gasteiger partial charge in [0.15, 0.2) is 5.60 Å². The summed E-state index contributed by atoms with van der Waals surface area (Å²) in [7, 11) is 0. The SMILES string of the molecule is Cc1cc(Oc2ccccc2)ccc1C1(c2ccc(Oc3ccccc3)cc2C)OC(=O)c2ccccc21. The van der Waals surface area contributed by atoms with Gasteiger partial charge in [0.1, 0.15) is 23.0 Å². The number of carbonyl (C=O) groups is 1. The van der Waals surface area contributed by atoms with E-state index in [-0.39, 0.29) is 5.97 Å². The first-order valence-corrected chi connectivity index (χ1v) is 12.6. The lowest BCUT2D eigenvalue weighted by Crippen LogP contribution is -2.31. The molecule has 0 fully saturated rings. The fourth-order valence-electron chi connectivity index (χ4n) is 5.20. The van der Waals surface area contributed by atoms with Crippen molar-refractivity contribution in [3.63, 3.8) is 0 Å². The molecule has 0 saturated carbocycles. The van der Waals surface area contributed by atoms with Gasteiger partial charge in [0.05, 0.1) is 5.56 Å². The molecule has 5 aromatic rings. The Balaban J connectivity index is 1.47. The van der Waals surface area contributed by atoms with Gasteiger partial charge in [0.2, 0.25) is 0 Å². The average molecular weight is 499 g/mol. The Bertz CT molecular complexity index is 1530. The highest BCUT2D eigenvalue weighted by Gasteiger charge is 2.49. The lowest BCUT2D eigenvalue weighted by Gasteiger charge is -2.33. The molecule has 38 heavy (non-hydrogen) atoms. The third-order valence-electron chi connectivity index (χ3n) is 6.88. The van der Waals surface area contributed by atoms with Crippen molar-refractivity contribution in [1.29, 1.82) is 0 Å². The molecule has 4 nitrogen and oxygen atoms in total. The highest BCUT2D eigenvalue weighted by atomic mass is 16.6. The molecule has 0 N–H and O–H groups in total. The minimum absolute atomic E-state index is 0.339. The zero-order valence-corrected chi connectivity index (χ0v) is 21.2. The quantitative estimate of drug-likeness (QED) is 0.221. The maximum Gasteiger partial charge on any atom is 0.340 e. The maximum atomic E-state index is 13.2. The summed E-state index contributed by atoms with van der Waals surface area (Å²) in [6.45, 7) is 4.04. The van der Waals surface area contributed by atoms with E-state index in [1.54, 1.807) is 0 Å². The molecule has 5 aromatic carbocycles. The molecule has 4 heteroatoms. The fourth-order valence-corrected chi connectivity index (χ4v) is 5.20. The first-order chi connectivity index (χ1) is 18.5. The molecule has 0 atom stereocenters. The van der Waals surface area contributed by atoms with Crippen molar-refractivity contribution in [1.82, 2.24) is 0 Å². The van der Waals surface area contributed by atoms with Crippen molar-refractivity contribution in [3.05, 3.63) is 155 Å². The minimum atomic E-state index is -1.10. The molecule has 0 aliphatic carbocycles. The maximum absolute atomic E-state index is 13.2. The Morgan fingerprint density at radius 2 is 1.00 bits per heavy atom. The van der Waals surface area contributed by atoms with Gasteiger partial charge in [-0.3, -0.25) is 0 Å². The van der Waals surface area contributed by atoms with Crippen LogP contribution in [0.1, 0.15) is 38.2 Å². The van der Waals surface area contributed by atoms with Crippen molar-refractivity contribution in [3.8, 4) is 23.0 Å². The number of rotatable bonds is 6. The van der Waals surface area contributed by atoms with Crippen LogP contribution in [0.5, 0.6) is 23.0 Å². The summed E-state index contributed by atoms with van der Waals surface area (Å²) < 4.78 is 18.5. The van der Waals surface area contributed by atoms with E-state index in [0.717, 1.165) is 39.3 Å². The lowest BCUT2D eigenvalue weighted by molar-refractivity contribution is 0.0248. The largest absolute Gasteiger partial charge is 0.457 e. The van der Waals surface area contributed by atoms with E-state index in [1.165, 1.54) is 0 Å². The van der Waals surface area contributed by atoms with E-state index in [1.807, 2.05) is 135 Å². The van der Waals surface area contributed by atoms with Crippen molar-refractivity contribution < 1.29 is 19.0 Å². The van der Waals surface area contributed by atoms with Gasteiger partial charge in [-0.05, 0) is 79.6 Å². The van der Waals surface area contributed by atoms with Crippen LogP contribution in [0.3, 0.4) is 0 Å². The second-order valence-corrected chi connectivity index (χ2v) is 9.40. The molecule has 0 spiro atoms. The van der Waals surface area contributed by atoms with E-state index in [2.05, 4.69) is 0 Å². The number of aryl methyl sites for hydroxylation is 2. The second kappa shape index (κ2) is 9.56. The molecular weight excluding hydrogens is 472 g/mol. The van der Waals surface area contributed by atoms with Crippen LogP contribution in [0.15, 0.2) is 121 Å². The Hall–Kier alpha value is -4.83. The van der Waals surface area contributed by atoms with Crippen LogP contribution in [-0.2, 0) is 10.3 Å². The summed E-state index contributed by atoms with van der Waals surface area (Å²) in [5.74, 6) is 2.62. The lowest BCUT2D eigenvalue weighted by atomic mass is 9.76. The molecule has 0 amide bonds. The van der Waals surface area contributed by atoms with Gasteiger partial charge in [-0.1, -0.05) is 66.7 Å². The number of cyclic esters (lactones) is 1. The Morgan fingerprint density at radius 3 is 1.50 bits per heavy atom. The zero-order valence-electron chi connectivity index (χ0n) is 21.2. The van der Waals surface area contributed by atoms with Gasteiger partial charge in [0, 0.05) is 16.7 Å². The molecule has 0 unspecified atom stereocenters. The molecule has 1 aliphatic rings. The number of ether oxygens (including phenoxy) is 3. The molecule has 1 heterocycles. The van der Waals surface area contributed by atoms with Crippen LogP contribution >= 0.6 is 0 Å². The molecule has 0 saturated heterocycles. The van der Waals surface area contributed by atoms with E-state index in [0.29, 0.717) is 17.1 Å². The summed E-state index contributed by atoms with van der Waals surface area (Å²) in [4.78, 5) is 13.2.